The van der Waals surface area contributed by atoms with E-state index in [4.69, 9.17) is 4.98 Å². The molecule has 5 aliphatic heterocycles. The molecule has 12 heteroatoms. The van der Waals surface area contributed by atoms with E-state index in [-0.39, 0.29) is 42.6 Å². The SMILES string of the molecule is C[C@@H](O)[C@H]1C(=O)N2C(C(=O)[O-])=C(C#CCSc3nc4cc(CC[N+]56CC[N+](CCO)(CC5)CC6)ccc4s3)[C@H](C)[C@H]12.[Cl-]. The van der Waals surface area contributed by atoms with Crippen LogP contribution in [-0.4, -0.2) is 118 Å². The van der Waals surface area contributed by atoms with Gasteiger partial charge >= 0.3 is 0 Å². The van der Waals surface area contributed by atoms with Gasteiger partial charge in [0.25, 0.3) is 0 Å². The smallest absolute Gasteiger partial charge is 0.235 e. The Morgan fingerprint density at radius 3 is 2.50 bits per heavy atom. The van der Waals surface area contributed by atoms with Crippen LogP contribution in [0.25, 0.3) is 10.2 Å². The van der Waals surface area contributed by atoms with Crippen LogP contribution in [0.2, 0.25) is 0 Å². The average Bonchev–Trinajstić information content (AvgIpc) is 3.46. The molecule has 4 saturated heterocycles. The third kappa shape index (κ3) is 5.47. The lowest BCUT2D eigenvalue weighted by atomic mass is 9.78. The van der Waals surface area contributed by atoms with Crippen LogP contribution in [0.5, 0.6) is 0 Å². The number of aromatic nitrogens is 1. The molecule has 1 aromatic carbocycles. The number of aliphatic hydroxyl groups excluding tert-OH is 2. The first kappa shape index (κ1) is 31.3. The summed E-state index contributed by atoms with van der Waals surface area (Å²) < 4.78 is 4.35. The number of carbonyl (C=O) groups is 2. The molecule has 0 spiro atoms. The predicted molar refractivity (Wildman–Crippen MR) is 155 cm³/mol. The number of hydrogen-bond donors (Lipinski definition) is 2. The van der Waals surface area contributed by atoms with Crippen LogP contribution in [-0.2, 0) is 16.0 Å². The molecule has 4 fully saturated rings. The molecule has 2 N–H and O–H groups in total. The van der Waals surface area contributed by atoms with Crippen LogP contribution in [0.1, 0.15) is 19.4 Å². The number of benzene rings is 1. The Bertz CT molecular complexity index is 1460. The maximum absolute atomic E-state index is 12.5. The quantitative estimate of drug-likeness (QED) is 0.136. The molecule has 4 atom stereocenters. The maximum Gasteiger partial charge on any atom is 0.235 e. The zero-order valence-electron chi connectivity index (χ0n) is 23.9. The van der Waals surface area contributed by atoms with Gasteiger partial charge < -0.3 is 46.4 Å². The lowest BCUT2D eigenvalue weighted by Gasteiger charge is -2.55. The highest BCUT2D eigenvalue weighted by Gasteiger charge is 2.58. The van der Waals surface area contributed by atoms with E-state index < -0.39 is 18.0 Å². The topological polar surface area (TPSA) is 114 Å². The molecular weight excluding hydrogens is 596 g/mol. The van der Waals surface area contributed by atoms with Crippen LogP contribution in [0.15, 0.2) is 33.8 Å². The van der Waals surface area contributed by atoms with Crippen molar-refractivity contribution in [1.82, 2.24) is 9.88 Å². The first-order valence-corrected chi connectivity index (χ1v) is 16.2. The van der Waals surface area contributed by atoms with E-state index in [9.17, 15) is 24.9 Å². The van der Waals surface area contributed by atoms with Gasteiger partial charge in [-0.1, -0.05) is 36.6 Å². The third-order valence-corrected chi connectivity index (χ3v) is 11.9. The molecule has 2 bridgehead atoms. The van der Waals surface area contributed by atoms with Gasteiger partial charge in [0.05, 0.1) is 58.9 Å². The van der Waals surface area contributed by atoms with Crippen LogP contribution < -0.4 is 17.5 Å². The summed E-state index contributed by atoms with van der Waals surface area (Å²) >= 11 is 3.15. The molecule has 0 unspecified atom stereocenters. The fourth-order valence-electron chi connectivity index (χ4n) is 7.31. The molecule has 0 radical (unpaired) electrons. The minimum absolute atomic E-state index is 0. The van der Waals surface area contributed by atoms with Gasteiger partial charge in [-0.3, -0.25) is 4.79 Å². The van der Waals surface area contributed by atoms with Crippen molar-refractivity contribution in [2.45, 2.75) is 36.8 Å². The van der Waals surface area contributed by atoms with E-state index in [2.05, 4.69) is 30.0 Å². The van der Waals surface area contributed by atoms with Crippen molar-refractivity contribution < 1.29 is 46.3 Å². The number of thiazole rings is 1. The molecule has 6 heterocycles. The summed E-state index contributed by atoms with van der Waals surface area (Å²) in [5, 5.41) is 31.3. The highest BCUT2D eigenvalue weighted by molar-refractivity contribution is 8.01. The van der Waals surface area contributed by atoms with E-state index in [1.54, 1.807) is 18.3 Å². The minimum Gasteiger partial charge on any atom is -1.00 e. The van der Waals surface area contributed by atoms with Crippen molar-refractivity contribution in [2.24, 2.45) is 11.8 Å². The second-order valence-electron chi connectivity index (χ2n) is 12.1. The second-order valence-corrected chi connectivity index (χ2v) is 14.4. The van der Waals surface area contributed by atoms with E-state index in [0.717, 1.165) is 38.5 Å². The average molecular weight is 633 g/mol. The van der Waals surface area contributed by atoms with Crippen LogP contribution in [0.4, 0.5) is 0 Å². The Morgan fingerprint density at radius 1 is 1.21 bits per heavy atom. The lowest BCUT2D eigenvalue weighted by molar-refractivity contribution is -1.08. The van der Waals surface area contributed by atoms with Gasteiger partial charge in [0.2, 0.25) is 5.91 Å². The number of carboxylic acid groups (broad SMARTS) is 1. The van der Waals surface area contributed by atoms with E-state index in [1.165, 1.54) is 66.0 Å². The molecule has 5 aliphatic rings. The number of β-lactam (4-membered cyclic amide) rings is 1. The number of piperazine rings is 3. The monoisotopic (exact) mass is 632 g/mol. The van der Waals surface area contributed by atoms with Crippen molar-refractivity contribution in [1.29, 1.82) is 0 Å². The molecule has 2 aromatic rings. The fraction of sp³-hybridized carbons (Fsp3) is 0.567. The number of quaternary nitrogens is 2. The normalized spacial score (nSPS) is 30.4. The van der Waals surface area contributed by atoms with Gasteiger partial charge in [-0.15, -0.1) is 11.3 Å². The van der Waals surface area contributed by atoms with E-state index in [1.807, 2.05) is 6.92 Å². The Morgan fingerprint density at radius 2 is 1.88 bits per heavy atom. The van der Waals surface area contributed by atoms with Gasteiger partial charge in [0.1, 0.15) is 45.8 Å². The second kappa shape index (κ2) is 12.1. The summed E-state index contributed by atoms with van der Waals surface area (Å²) in [4.78, 5) is 30.4. The highest BCUT2D eigenvalue weighted by atomic mass is 35.5. The highest BCUT2D eigenvalue weighted by Crippen LogP contribution is 2.46. The van der Waals surface area contributed by atoms with Crippen molar-refractivity contribution in [3.63, 3.8) is 0 Å². The Balaban J connectivity index is 0.00000353. The largest absolute Gasteiger partial charge is 1.00 e. The molecule has 7 rings (SSSR count). The van der Waals surface area contributed by atoms with Crippen LogP contribution >= 0.6 is 23.1 Å². The maximum atomic E-state index is 12.5. The first-order valence-electron chi connectivity index (χ1n) is 14.4. The van der Waals surface area contributed by atoms with Crippen LogP contribution in [0, 0.1) is 23.7 Å². The van der Waals surface area contributed by atoms with Gasteiger partial charge in [-0.2, -0.15) is 0 Å². The summed E-state index contributed by atoms with van der Waals surface area (Å²) in [6, 6.07) is 6.19. The van der Waals surface area contributed by atoms with Crippen molar-refractivity contribution in [3.05, 3.63) is 35.0 Å². The van der Waals surface area contributed by atoms with E-state index in [0.29, 0.717) is 11.3 Å². The van der Waals surface area contributed by atoms with Crippen molar-refractivity contribution in [3.8, 4) is 11.8 Å². The number of fused-ring (bicyclic) bond motifs is 5. The van der Waals surface area contributed by atoms with Gasteiger partial charge in [0, 0.05) is 17.9 Å². The number of rotatable bonds is 9. The molecule has 1 amide bonds. The number of amides is 1. The summed E-state index contributed by atoms with van der Waals surface area (Å²) in [5.74, 6) is 3.83. The van der Waals surface area contributed by atoms with Gasteiger partial charge in [0.15, 0.2) is 4.34 Å². The molecule has 0 aliphatic carbocycles. The molecule has 226 valence electrons. The number of aliphatic hydroxyl groups is 2. The molecule has 1 aromatic heterocycles. The lowest BCUT2D eigenvalue weighted by Crippen LogP contribution is -3.00. The molecule has 0 saturated carbocycles. The Labute approximate surface area is 260 Å². The minimum atomic E-state index is -1.41. The van der Waals surface area contributed by atoms with E-state index >= 15 is 0 Å². The molecule has 9 nitrogen and oxygen atoms in total. The zero-order chi connectivity index (χ0) is 28.9. The number of hydrogen-bond acceptors (Lipinski definition) is 8. The standard InChI is InChI=1S/C30H37N4O5S2.ClH/c1-19-22(27(29(38)39)32-26(19)25(20(2)36)28(32)37)4-3-17-40-30-31-23-18-21(5-6-24(23)41-30)7-8-33-9-12-34(13-10-33,14-11-33)15-16-35;/h5-6,18-20,25-26,35-36H,7-17H2,1-2H3;1H/q+1;/p-1/t19-,20+,25+,26+,33?,34?;/m0./s1. The summed E-state index contributed by atoms with van der Waals surface area (Å²) in [6.45, 7) is 12.9. The van der Waals surface area contributed by atoms with Crippen molar-refractivity contribution in [2.75, 3.05) is 64.7 Å². The number of nitrogens with zero attached hydrogens (tertiary/aromatic N) is 4. The summed E-state index contributed by atoms with van der Waals surface area (Å²) in [7, 11) is 0. The summed E-state index contributed by atoms with van der Waals surface area (Å²) in [5.41, 5.74) is 2.55. The zero-order valence-corrected chi connectivity index (χ0v) is 26.3. The van der Waals surface area contributed by atoms with Gasteiger partial charge in [-0.05, 0) is 24.6 Å². The molecular formula is C30H37ClN4O5S2. The number of carboxylic acids is 1. The van der Waals surface area contributed by atoms with Crippen molar-refractivity contribution >= 4 is 45.2 Å². The van der Waals surface area contributed by atoms with Gasteiger partial charge in [-0.25, -0.2) is 4.98 Å². The van der Waals surface area contributed by atoms with Crippen LogP contribution in [0.3, 0.4) is 0 Å². The number of carbonyl (C=O) groups excluding carboxylic acids is 2. The third-order valence-electron chi connectivity index (χ3n) is 9.88. The predicted octanol–water partition coefficient (Wildman–Crippen LogP) is -2.55. The first-order chi connectivity index (χ1) is 19.7. The summed E-state index contributed by atoms with van der Waals surface area (Å²) in [6.07, 6.45) is 0.188. The number of halogens is 1. The Kier molecular flexibility index (Phi) is 8.99. The molecule has 42 heavy (non-hydrogen) atoms. The fourth-order valence-corrected chi connectivity index (χ4v) is 9.10. The Hall–Kier alpha value is -2.17. The number of aliphatic carboxylic acids is 1. The number of thioether (sulfide) groups is 1.